The largest absolute Gasteiger partial charge is 0.394 e. The maximum absolute atomic E-state index is 12.3. The fourth-order valence-corrected chi connectivity index (χ4v) is 3.75. The zero-order valence-electron chi connectivity index (χ0n) is 17.9. The summed E-state index contributed by atoms with van der Waals surface area (Å²) in [7, 11) is 0. The molecule has 0 aliphatic rings. The second kappa shape index (κ2) is 9.52. The van der Waals surface area contributed by atoms with Gasteiger partial charge in [0.1, 0.15) is 5.52 Å². The van der Waals surface area contributed by atoms with Gasteiger partial charge in [0.15, 0.2) is 5.65 Å². The van der Waals surface area contributed by atoms with Crippen LogP contribution in [0.15, 0.2) is 72.9 Å². The standard InChI is InChI=1S/C24H19ClN6O3/c25-31(34-13-12-32)24(33)18-6-4-17(5-7-18)21-9-10-22-23(27-21)30(29-28-22)15-16-3-8-20-19(14-16)2-1-11-26-20/h1-11,14,32H,12-13,15H2. The molecular formula is C24H19ClN6O3. The lowest BCUT2D eigenvalue weighted by atomic mass is 10.1. The Labute approximate surface area is 199 Å². The van der Waals surface area contributed by atoms with E-state index in [-0.39, 0.29) is 13.2 Å². The highest BCUT2D eigenvalue weighted by atomic mass is 35.5. The third-order valence-corrected chi connectivity index (χ3v) is 5.49. The minimum absolute atomic E-state index is 0.0743. The van der Waals surface area contributed by atoms with Gasteiger partial charge >= 0.3 is 0 Å². The molecule has 1 amide bonds. The molecule has 2 aromatic carbocycles. The maximum Gasteiger partial charge on any atom is 0.292 e. The molecule has 1 N–H and O–H groups in total. The van der Waals surface area contributed by atoms with Crippen LogP contribution in [0.2, 0.25) is 0 Å². The summed E-state index contributed by atoms with van der Waals surface area (Å²) in [5.74, 6) is -0.530. The quantitative estimate of drug-likeness (QED) is 0.283. The van der Waals surface area contributed by atoms with Gasteiger partial charge in [-0.1, -0.05) is 29.5 Å². The minimum atomic E-state index is -0.530. The van der Waals surface area contributed by atoms with E-state index in [1.807, 2.05) is 36.4 Å². The number of carbonyl (C=O) groups excluding carboxylic acids is 1. The smallest absolute Gasteiger partial charge is 0.292 e. The number of fused-ring (bicyclic) bond motifs is 2. The number of hydrogen-bond donors (Lipinski definition) is 1. The summed E-state index contributed by atoms with van der Waals surface area (Å²) in [5, 5.41) is 18.4. The van der Waals surface area contributed by atoms with Crippen molar-refractivity contribution in [1.29, 1.82) is 0 Å². The van der Waals surface area contributed by atoms with Gasteiger partial charge in [-0.3, -0.25) is 14.6 Å². The number of carbonyl (C=O) groups is 1. The third-order valence-electron chi connectivity index (χ3n) is 5.24. The Morgan fingerprint density at radius 1 is 1.06 bits per heavy atom. The third kappa shape index (κ3) is 4.44. The highest BCUT2D eigenvalue weighted by Gasteiger charge is 2.15. The van der Waals surface area contributed by atoms with Gasteiger partial charge in [0, 0.05) is 34.5 Å². The van der Waals surface area contributed by atoms with Crippen LogP contribution in [0.3, 0.4) is 0 Å². The van der Waals surface area contributed by atoms with Crippen LogP contribution in [0.1, 0.15) is 15.9 Å². The summed E-state index contributed by atoms with van der Waals surface area (Å²) >= 11 is 5.79. The van der Waals surface area contributed by atoms with Crippen molar-refractivity contribution in [2.24, 2.45) is 0 Å². The molecule has 5 aromatic rings. The lowest BCUT2D eigenvalue weighted by molar-refractivity contribution is -0.0696. The monoisotopic (exact) mass is 474 g/mol. The second-order valence-corrected chi connectivity index (χ2v) is 7.81. The van der Waals surface area contributed by atoms with Gasteiger partial charge in [0.05, 0.1) is 31.0 Å². The maximum atomic E-state index is 12.3. The van der Waals surface area contributed by atoms with Gasteiger partial charge in [0.2, 0.25) is 0 Å². The fraction of sp³-hybridized carbons (Fsp3) is 0.125. The first-order valence-electron chi connectivity index (χ1n) is 10.5. The molecule has 0 radical (unpaired) electrons. The van der Waals surface area contributed by atoms with Crippen molar-refractivity contribution in [3.05, 3.63) is 84.1 Å². The number of aliphatic hydroxyl groups excluding tert-OH is 1. The Morgan fingerprint density at radius 3 is 2.71 bits per heavy atom. The van der Waals surface area contributed by atoms with Crippen molar-refractivity contribution in [1.82, 2.24) is 29.5 Å². The molecule has 3 heterocycles. The number of hydrogen-bond acceptors (Lipinski definition) is 7. The number of rotatable bonds is 7. The molecule has 34 heavy (non-hydrogen) atoms. The number of halogens is 1. The molecule has 0 saturated heterocycles. The lowest BCUT2D eigenvalue weighted by Crippen LogP contribution is -2.23. The molecule has 0 saturated carbocycles. The Bertz CT molecular complexity index is 1470. The predicted octanol–water partition coefficient (Wildman–Crippen LogP) is 3.61. The van der Waals surface area contributed by atoms with E-state index in [2.05, 4.69) is 21.4 Å². The average molecular weight is 475 g/mol. The lowest BCUT2D eigenvalue weighted by Gasteiger charge is -2.12. The average Bonchev–Trinajstić information content (AvgIpc) is 3.28. The van der Waals surface area contributed by atoms with Crippen LogP contribution in [0.4, 0.5) is 0 Å². The SMILES string of the molecule is O=C(c1ccc(-c2ccc3nnn(Cc4ccc5ncccc5c4)c3n2)cc1)N(Cl)OCCO. The van der Waals surface area contributed by atoms with E-state index < -0.39 is 5.91 Å². The first-order chi connectivity index (χ1) is 16.6. The first-order valence-corrected chi connectivity index (χ1v) is 10.8. The summed E-state index contributed by atoms with van der Waals surface area (Å²) in [6.07, 6.45) is 1.78. The van der Waals surface area contributed by atoms with E-state index in [0.717, 1.165) is 27.7 Å². The van der Waals surface area contributed by atoms with Crippen LogP contribution in [0.5, 0.6) is 0 Å². The molecular weight excluding hydrogens is 456 g/mol. The number of hydroxylamine groups is 1. The molecule has 9 nitrogen and oxygen atoms in total. The van der Waals surface area contributed by atoms with Crippen LogP contribution in [-0.2, 0) is 11.4 Å². The number of aliphatic hydroxyl groups is 1. The van der Waals surface area contributed by atoms with Crippen LogP contribution in [0, 0.1) is 0 Å². The molecule has 0 unspecified atom stereocenters. The van der Waals surface area contributed by atoms with E-state index in [0.29, 0.717) is 27.9 Å². The zero-order valence-corrected chi connectivity index (χ0v) is 18.6. The molecule has 0 spiro atoms. The Hall–Kier alpha value is -3.92. The topological polar surface area (TPSA) is 106 Å². The molecule has 170 valence electrons. The molecule has 0 aliphatic heterocycles. The molecule has 10 heteroatoms. The minimum Gasteiger partial charge on any atom is -0.394 e. The van der Waals surface area contributed by atoms with Gasteiger partial charge in [-0.2, -0.15) is 0 Å². The Kier molecular flexibility index (Phi) is 6.13. The summed E-state index contributed by atoms with van der Waals surface area (Å²) in [4.78, 5) is 26.3. The number of amides is 1. The van der Waals surface area contributed by atoms with Gasteiger partial charge in [-0.05, 0) is 48.0 Å². The van der Waals surface area contributed by atoms with Gasteiger partial charge in [-0.15, -0.1) is 9.68 Å². The van der Waals surface area contributed by atoms with Crippen molar-refractivity contribution in [3.63, 3.8) is 0 Å². The number of aromatic nitrogens is 5. The fourth-order valence-electron chi connectivity index (χ4n) is 3.58. The molecule has 0 atom stereocenters. The van der Waals surface area contributed by atoms with Crippen molar-refractivity contribution in [3.8, 4) is 11.3 Å². The van der Waals surface area contributed by atoms with Crippen molar-refractivity contribution >= 4 is 39.8 Å². The van der Waals surface area contributed by atoms with E-state index in [9.17, 15) is 4.79 Å². The Balaban J connectivity index is 1.39. The number of pyridine rings is 2. The van der Waals surface area contributed by atoms with E-state index in [4.69, 9.17) is 26.7 Å². The van der Waals surface area contributed by atoms with Crippen LogP contribution < -0.4 is 0 Å². The van der Waals surface area contributed by atoms with Crippen molar-refractivity contribution in [2.75, 3.05) is 13.2 Å². The Morgan fingerprint density at radius 2 is 1.88 bits per heavy atom. The van der Waals surface area contributed by atoms with Crippen molar-refractivity contribution in [2.45, 2.75) is 6.54 Å². The number of nitrogens with zero attached hydrogens (tertiary/aromatic N) is 6. The second-order valence-electron chi connectivity index (χ2n) is 7.50. The van der Waals surface area contributed by atoms with E-state index >= 15 is 0 Å². The van der Waals surface area contributed by atoms with Crippen LogP contribution in [-0.4, -0.2) is 53.8 Å². The van der Waals surface area contributed by atoms with Gasteiger partial charge in [0.25, 0.3) is 5.91 Å². The predicted molar refractivity (Wildman–Crippen MR) is 127 cm³/mol. The summed E-state index contributed by atoms with van der Waals surface area (Å²) in [5.41, 5.74) is 5.24. The molecule has 5 rings (SSSR count). The van der Waals surface area contributed by atoms with Crippen molar-refractivity contribution < 1.29 is 14.7 Å². The zero-order chi connectivity index (χ0) is 23.5. The molecule has 0 bridgehead atoms. The van der Waals surface area contributed by atoms with Crippen LogP contribution >= 0.6 is 11.8 Å². The van der Waals surface area contributed by atoms with Gasteiger partial charge in [-0.25, -0.2) is 9.67 Å². The molecule has 0 fully saturated rings. The highest BCUT2D eigenvalue weighted by molar-refractivity contribution is 6.23. The van der Waals surface area contributed by atoms with E-state index in [1.54, 1.807) is 35.1 Å². The van der Waals surface area contributed by atoms with E-state index in [1.165, 1.54) is 0 Å². The highest BCUT2D eigenvalue weighted by Crippen LogP contribution is 2.22. The summed E-state index contributed by atoms with van der Waals surface area (Å²) in [6, 6.07) is 20.6. The summed E-state index contributed by atoms with van der Waals surface area (Å²) in [6.45, 7) is 0.201. The summed E-state index contributed by atoms with van der Waals surface area (Å²) < 4.78 is 2.35. The van der Waals surface area contributed by atoms with Crippen LogP contribution in [0.25, 0.3) is 33.3 Å². The first kappa shape index (κ1) is 21.9. The molecule has 0 aliphatic carbocycles. The molecule has 3 aromatic heterocycles. The normalized spacial score (nSPS) is 11.2. The number of benzene rings is 2. The van der Waals surface area contributed by atoms with Gasteiger partial charge < -0.3 is 5.11 Å².